The van der Waals surface area contributed by atoms with E-state index in [2.05, 4.69) is 53.2 Å². The molecular weight excluding hydrogens is 394 g/mol. The lowest BCUT2D eigenvalue weighted by Gasteiger charge is -2.18. The highest BCUT2D eigenvalue weighted by molar-refractivity contribution is 7.10. The second-order valence-corrected chi connectivity index (χ2v) is 8.56. The van der Waals surface area contributed by atoms with Crippen molar-refractivity contribution in [2.45, 2.75) is 31.8 Å². The molecule has 154 valence electrons. The van der Waals surface area contributed by atoms with E-state index < -0.39 is 0 Å². The van der Waals surface area contributed by atoms with Gasteiger partial charge in [0.2, 0.25) is 5.91 Å². The van der Waals surface area contributed by atoms with Crippen molar-refractivity contribution in [3.05, 3.63) is 87.6 Å². The first-order chi connectivity index (χ1) is 14.6. The van der Waals surface area contributed by atoms with E-state index >= 15 is 0 Å². The van der Waals surface area contributed by atoms with E-state index in [0.717, 1.165) is 23.3 Å². The summed E-state index contributed by atoms with van der Waals surface area (Å²) >= 11 is 1.66. The molecule has 1 saturated carbocycles. The second kappa shape index (κ2) is 9.24. The molecule has 5 nitrogen and oxygen atoms in total. The fourth-order valence-electron chi connectivity index (χ4n) is 3.27. The van der Waals surface area contributed by atoms with Gasteiger partial charge in [-0.15, -0.1) is 11.3 Å². The van der Waals surface area contributed by atoms with Gasteiger partial charge in [-0.25, -0.2) is 0 Å². The van der Waals surface area contributed by atoms with E-state index in [1.165, 1.54) is 5.56 Å². The number of hydrogen-bond donors (Lipinski definition) is 3. The molecule has 0 saturated heterocycles. The maximum absolute atomic E-state index is 12.7. The minimum atomic E-state index is -0.185. The summed E-state index contributed by atoms with van der Waals surface area (Å²) in [6.07, 6.45) is 2.04. The summed E-state index contributed by atoms with van der Waals surface area (Å²) < 4.78 is 0. The van der Waals surface area contributed by atoms with Gasteiger partial charge in [0.05, 0.1) is 23.8 Å². The maximum Gasteiger partial charge on any atom is 0.253 e. The van der Waals surface area contributed by atoms with Gasteiger partial charge in [-0.05, 0) is 48.9 Å². The minimum Gasteiger partial charge on any atom is -0.349 e. The van der Waals surface area contributed by atoms with Crippen LogP contribution in [0.25, 0.3) is 0 Å². The van der Waals surface area contributed by atoms with Gasteiger partial charge in [0.25, 0.3) is 5.91 Å². The van der Waals surface area contributed by atoms with Crippen LogP contribution < -0.4 is 16.0 Å². The first-order valence-corrected chi connectivity index (χ1v) is 11.0. The van der Waals surface area contributed by atoms with Gasteiger partial charge in [-0.1, -0.05) is 48.0 Å². The van der Waals surface area contributed by atoms with Crippen molar-refractivity contribution in [1.82, 2.24) is 10.6 Å². The Hall–Kier alpha value is -2.96. The van der Waals surface area contributed by atoms with E-state index in [1.807, 2.05) is 17.5 Å². The number of amides is 2. The van der Waals surface area contributed by atoms with Crippen LogP contribution in [0.4, 0.5) is 5.69 Å². The summed E-state index contributed by atoms with van der Waals surface area (Å²) in [6, 6.07) is 19.7. The molecule has 1 unspecified atom stereocenters. The summed E-state index contributed by atoms with van der Waals surface area (Å²) in [6.45, 7) is 2.19. The van der Waals surface area contributed by atoms with Crippen LogP contribution in [-0.4, -0.2) is 24.4 Å². The third-order valence-electron chi connectivity index (χ3n) is 5.06. The molecule has 1 aromatic heterocycles. The monoisotopic (exact) mass is 419 g/mol. The third-order valence-corrected chi connectivity index (χ3v) is 6.00. The molecule has 0 bridgehead atoms. The number of anilines is 1. The quantitative estimate of drug-likeness (QED) is 0.511. The summed E-state index contributed by atoms with van der Waals surface area (Å²) in [5, 5.41) is 11.3. The molecule has 2 aromatic carbocycles. The van der Waals surface area contributed by atoms with Crippen LogP contribution in [0.5, 0.6) is 0 Å². The topological polar surface area (TPSA) is 70.2 Å². The molecule has 1 aliphatic rings. The average molecular weight is 420 g/mol. The lowest BCUT2D eigenvalue weighted by molar-refractivity contribution is -0.115. The lowest BCUT2D eigenvalue weighted by atomic mass is 10.0. The van der Waals surface area contributed by atoms with Crippen LogP contribution in [0.1, 0.15) is 45.2 Å². The number of rotatable bonds is 8. The van der Waals surface area contributed by atoms with E-state index in [4.69, 9.17) is 0 Å². The smallest absolute Gasteiger partial charge is 0.253 e. The Morgan fingerprint density at radius 2 is 1.80 bits per heavy atom. The fraction of sp³-hybridized carbons (Fsp3) is 0.250. The SMILES string of the molecule is Cc1ccc(C(NCC(=O)Nc2ccccc2C(=O)NC2CC2)c2cccs2)cc1. The number of carbonyl (C=O) groups excluding carboxylic acids is 2. The number of nitrogens with one attached hydrogen (secondary N) is 3. The Bertz CT molecular complexity index is 1010. The standard InChI is InChI=1S/C24H25N3O2S/c1-16-8-10-17(11-9-16)23(21-7-4-14-30-21)25-15-22(28)27-20-6-3-2-5-19(20)24(29)26-18-12-13-18/h2-11,14,18,23,25H,12-13,15H2,1H3,(H,26,29)(H,27,28). The molecule has 30 heavy (non-hydrogen) atoms. The summed E-state index contributed by atoms with van der Waals surface area (Å²) in [5.74, 6) is -0.326. The summed E-state index contributed by atoms with van der Waals surface area (Å²) in [5.41, 5.74) is 3.33. The highest BCUT2D eigenvalue weighted by atomic mass is 32.1. The number of carbonyl (C=O) groups is 2. The first-order valence-electron chi connectivity index (χ1n) is 10.1. The van der Waals surface area contributed by atoms with Crippen molar-refractivity contribution >= 4 is 28.8 Å². The van der Waals surface area contributed by atoms with E-state index in [-0.39, 0.29) is 30.4 Å². The Kier molecular flexibility index (Phi) is 6.26. The molecule has 0 radical (unpaired) electrons. The molecule has 1 fully saturated rings. The normalized spacial score (nSPS) is 14.2. The number of thiophene rings is 1. The summed E-state index contributed by atoms with van der Waals surface area (Å²) in [7, 11) is 0. The van der Waals surface area contributed by atoms with Crippen LogP contribution >= 0.6 is 11.3 Å². The number of aryl methyl sites for hydroxylation is 1. The lowest BCUT2D eigenvalue weighted by Crippen LogP contribution is -2.32. The zero-order valence-electron chi connectivity index (χ0n) is 16.9. The Balaban J connectivity index is 1.43. The van der Waals surface area contributed by atoms with Crippen molar-refractivity contribution in [3.8, 4) is 0 Å². The zero-order chi connectivity index (χ0) is 20.9. The number of hydrogen-bond acceptors (Lipinski definition) is 4. The highest BCUT2D eigenvalue weighted by Crippen LogP contribution is 2.26. The van der Waals surface area contributed by atoms with Crippen LogP contribution in [0, 0.1) is 6.92 Å². The predicted octanol–water partition coefficient (Wildman–Crippen LogP) is 4.27. The van der Waals surface area contributed by atoms with Crippen molar-refractivity contribution in [2.75, 3.05) is 11.9 Å². The second-order valence-electron chi connectivity index (χ2n) is 7.58. The molecule has 2 amide bonds. The predicted molar refractivity (Wildman–Crippen MR) is 121 cm³/mol. The van der Waals surface area contributed by atoms with Crippen LogP contribution in [0.2, 0.25) is 0 Å². The first kappa shape index (κ1) is 20.3. The van der Waals surface area contributed by atoms with Gasteiger partial charge >= 0.3 is 0 Å². The summed E-state index contributed by atoms with van der Waals surface area (Å²) in [4.78, 5) is 26.3. The Morgan fingerprint density at radius 1 is 1.03 bits per heavy atom. The molecule has 3 N–H and O–H groups in total. The molecule has 4 rings (SSSR count). The van der Waals surface area contributed by atoms with Crippen molar-refractivity contribution in [1.29, 1.82) is 0 Å². The minimum absolute atomic E-state index is 0.0650. The van der Waals surface area contributed by atoms with Crippen LogP contribution in [-0.2, 0) is 4.79 Å². The Labute approximate surface area is 180 Å². The van der Waals surface area contributed by atoms with Crippen molar-refractivity contribution in [2.24, 2.45) is 0 Å². The molecule has 0 aliphatic heterocycles. The van der Waals surface area contributed by atoms with E-state index in [1.54, 1.807) is 29.5 Å². The zero-order valence-corrected chi connectivity index (χ0v) is 17.7. The molecule has 3 aromatic rings. The third kappa shape index (κ3) is 5.14. The van der Waals surface area contributed by atoms with Crippen LogP contribution in [0.15, 0.2) is 66.0 Å². The largest absolute Gasteiger partial charge is 0.349 e. The molecule has 0 spiro atoms. The fourth-order valence-corrected chi connectivity index (χ4v) is 4.09. The average Bonchev–Trinajstić information content (AvgIpc) is 3.39. The highest BCUT2D eigenvalue weighted by Gasteiger charge is 2.25. The van der Waals surface area contributed by atoms with Gasteiger partial charge in [-0.2, -0.15) is 0 Å². The molecule has 1 atom stereocenters. The van der Waals surface area contributed by atoms with Crippen molar-refractivity contribution in [3.63, 3.8) is 0 Å². The molecule has 1 heterocycles. The number of para-hydroxylation sites is 1. The van der Waals surface area contributed by atoms with E-state index in [0.29, 0.717) is 11.3 Å². The maximum atomic E-state index is 12.7. The van der Waals surface area contributed by atoms with Gasteiger partial charge in [-0.3, -0.25) is 14.9 Å². The Morgan fingerprint density at radius 3 is 2.50 bits per heavy atom. The van der Waals surface area contributed by atoms with Crippen LogP contribution in [0.3, 0.4) is 0 Å². The van der Waals surface area contributed by atoms with Gasteiger partial charge in [0, 0.05) is 10.9 Å². The molecule has 1 aliphatic carbocycles. The van der Waals surface area contributed by atoms with Gasteiger partial charge in [0.15, 0.2) is 0 Å². The molecular formula is C24H25N3O2S. The number of benzene rings is 2. The van der Waals surface area contributed by atoms with Gasteiger partial charge < -0.3 is 10.6 Å². The van der Waals surface area contributed by atoms with Crippen molar-refractivity contribution < 1.29 is 9.59 Å². The molecule has 6 heteroatoms. The van der Waals surface area contributed by atoms with E-state index in [9.17, 15) is 9.59 Å². The van der Waals surface area contributed by atoms with Gasteiger partial charge in [0.1, 0.15) is 0 Å².